The third-order valence-electron chi connectivity index (χ3n) is 3.87. The lowest BCUT2D eigenvalue weighted by Gasteiger charge is -2.09. The van der Waals surface area contributed by atoms with Crippen molar-refractivity contribution in [3.05, 3.63) is 70.0 Å². The Morgan fingerprint density at radius 2 is 2.10 bits per heavy atom. The van der Waals surface area contributed by atoms with Crippen molar-refractivity contribution >= 4 is 52.2 Å². The van der Waals surface area contributed by atoms with E-state index in [-0.39, 0.29) is 11.7 Å². The number of nitrogens with zero attached hydrogens (tertiary/aromatic N) is 4. The Labute approximate surface area is 192 Å². The fourth-order valence-corrected chi connectivity index (χ4v) is 3.59. The first-order valence-electron chi connectivity index (χ1n) is 9.08. The number of hydrogen-bond donors (Lipinski definition) is 2. The van der Waals surface area contributed by atoms with E-state index in [9.17, 15) is 4.79 Å². The number of amides is 1. The number of furan rings is 1. The number of hydrazone groups is 1. The number of nitrogens with one attached hydrogen (secondary N) is 2. The van der Waals surface area contributed by atoms with Gasteiger partial charge < -0.3 is 14.3 Å². The zero-order chi connectivity index (χ0) is 21.3. The van der Waals surface area contributed by atoms with Gasteiger partial charge in [-0.15, -0.1) is 16.8 Å². The molecule has 2 aromatic heterocycles. The van der Waals surface area contributed by atoms with E-state index in [2.05, 4.69) is 55.2 Å². The second-order valence-corrected chi connectivity index (χ2v) is 8.38. The van der Waals surface area contributed by atoms with Crippen LogP contribution in [0.5, 0.6) is 0 Å². The Bertz CT molecular complexity index is 1030. The van der Waals surface area contributed by atoms with Gasteiger partial charge in [-0.3, -0.25) is 4.79 Å². The first-order chi connectivity index (χ1) is 14.5. The number of thioether (sulfide) groups is 1. The van der Waals surface area contributed by atoms with E-state index in [0.717, 1.165) is 17.3 Å². The molecule has 8 nitrogen and oxygen atoms in total. The van der Waals surface area contributed by atoms with Crippen molar-refractivity contribution in [1.29, 1.82) is 0 Å². The SMILES string of the molecule is C=CCn1c(CNc2ccc(I)cc2)nnc1SCC(=O)N/N=C/c1ccc(C)o1. The summed E-state index contributed by atoms with van der Waals surface area (Å²) in [6.07, 6.45) is 3.24. The van der Waals surface area contributed by atoms with Gasteiger partial charge in [0.1, 0.15) is 11.5 Å². The summed E-state index contributed by atoms with van der Waals surface area (Å²) in [7, 11) is 0. The van der Waals surface area contributed by atoms with Crippen LogP contribution in [0.1, 0.15) is 17.3 Å². The van der Waals surface area contributed by atoms with Crippen LogP contribution in [-0.4, -0.2) is 32.6 Å². The van der Waals surface area contributed by atoms with Crippen molar-refractivity contribution in [2.75, 3.05) is 11.1 Å². The molecule has 3 rings (SSSR count). The molecule has 156 valence electrons. The average molecular weight is 536 g/mol. The van der Waals surface area contributed by atoms with Crippen molar-refractivity contribution < 1.29 is 9.21 Å². The highest BCUT2D eigenvalue weighted by molar-refractivity contribution is 14.1. The summed E-state index contributed by atoms with van der Waals surface area (Å²) in [5, 5.41) is 16.4. The fraction of sp³-hybridized carbons (Fsp3) is 0.200. The second-order valence-electron chi connectivity index (χ2n) is 6.19. The number of carbonyl (C=O) groups excluding carboxylic acids is 1. The molecule has 0 fully saturated rings. The molecule has 0 aliphatic heterocycles. The molecule has 0 unspecified atom stereocenters. The molecule has 0 aliphatic carbocycles. The minimum Gasteiger partial charge on any atom is -0.460 e. The molecule has 0 radical (unpaired) electrons. The summed E-state index contributed by atoms with van der Waals surface area (Å²) < 4.78 is 8.46. The topological polar surface area (TPSA) is 97.3 Å². The minimum absolute atomic E-state index is 0.161. The number of rotatable bonds is 10. The van der Waals surface area contributed by atoms with Crippen LogP contribution in [0.15, 0.2) is 63.7 Å². The lowest BCUT2D eigenvalue weighted by Crippen LogP contribution is -2.20. The smallest absolute Gasteiger partial charge is 0.250 e. The van der Waals surface area contributed by atoms with Crippen LogP contribution in [0.3, 0.4) is 0 Å². The summed E-state index contributed by atoms with van der Waals surface area (Å²) in [6.45, 7) is 6.71. The number of carbonyl (C=O) groups is 1. The maximum Gasteiger partial charge on any atom is 0.250 e. The van der Waals surface area contributed by atoms with Gasteiger partial charge in [0.05, 0.1) is 18.5 Å². The number of halogens is 1. The van der Waals surface area contributed by atoms with E-state index >= 15 is 0 Å². The monoisotopic (exact) mass is 536 g/mol. The predicted octanol–water partition coefficient (Wildman–Crippen LogP) is 3.82. The van der Waals surface area contributed by atoms with E-state index in [1.54, 1.807) is 12.1 Å². The predicted molar refractivity (Wildman–Crippen MR) is 127 cm³/mol. The van der Waals surface area contributed by atoms with E-state index < -0.39 is 0 Å². The van der Waals surface area contributed by atoms with Gasteiger partial charge in [0.25, 0.3) is 5.91 Å². The summed E-state index contributed by atoms with van der Waals surface area (Å²) in [4.78, 5) is 12.1. The molecule has 3 aromatic rings. The van der Waals surface area contributed by atoms with Gasteiger partial charge in [-0.05, 0) is 65.9 Å². The highest BCUT2D eigenvalue weighted by Gasteiger charge is 2.13. The third-order valence-corrected chi connectivity index (χ3v) is 5.56. The van der Waals surface area contributed by atoms with Gasteiger partial charge in [-0.2, -0.15) is 5.10 Å². The van der Waals surface area contributed by atoms with E-state index in [0.29, 0.717) is 24.0 Å². The Hall–Kier alpha value is -2.60. The normalized spacial score (nSPS) is 11.0. The molecule has 0 saturated heterocycles. The third kappa shape index (κ3) is 6.46. The molecule has 0 spiro atoms. The lowest BCUT2D eigenvalue weighted by atomic mass is 10.3. The highest BCUT2D eigenvalue weighted by atomic mass is 127. The van der Waals surface area contributed by atoms with Crippen LogP contribution >= 0.6 is 34.4 Å². The van der Waals surface area contributed by atoms with Crippen molar-refractivity contribution in [3.8, 4) is 0 Å². The fourth-order valence-electron chi connectivity index (χ4n) is 2.47. The van der Waals surface area contributed by atoms with Gasteiger partial charge in [-0.25, -0.2) is 5.43 Å². The van der Waals surface area contributed by atoms with Crippen LogP contribution in [0.25, 0.3) is 0 Å². The van der Waals surface area contributed by atoms with Crippen molar-refractivity contribution in [2.45, 2.75) is 25.2 Å². The summed E-state index contributed by atoms with van der Waals surface area (Å²) in [5.74, 6) is 2.05. The van der Waals surface area contributed by atoms with Gasteiger partial charge >= 0.3 is 0 Å². The van der Waals surface area contributed by atoms with Gasteiger partial charge in [0, 0.05) is 15.8 Å². The first-order valence-corrected chi connectivity index (χ1v) is 11.1. The Morgan fingerprint density at radius 1 is 1.30 bits per heavy atom. The van der Waals surface area contributed by atoms with Gasteiger partial charge in [0.15, 0.2) is 11.0 Å². The van der Waals surface area contributed by atoms with Gasteiger partial charge in [0.2, 0.25) is 0 Å². The Kier molecular flexibility index (Phi) is 8.08. The molecule has 2 N–H and O–H groups in total. The molecule has 30 heavy (non-hydrogen) atoms. The van der Waals surface area contributed by atoms with Crippen LogP contribution in [0, 0.1) is 10.5 Å². The average Bonchev–Trinajstić information content (AvgIpc) is 3.32. The van der Waals surface area contributed by atoms with E-state index in [4.69, 9.17) is 4.42 Å². The number of hydrogen-bond acceptors (Lipinski definition) is 7. The number of allylic oxidation sites excluding steroid dienone is 1. The maximum atomic E-state index is 12.1. The van der Waals surface area contributed by atoms with Crippen LogP contribution < -0.4 is 10.7 Å². The molecule has 0 bridgehead atoms. The Morgan fingerprint density at radius 3 is 2.80 bits per heavy atom. The molecule has 0 atom stereocenters. The zero-order valence-corrected chi connectivity index (χ0v) is 19.3. The molecular weight excluding hydrogens is 515 g/mol. The minimum atomic E-state index is -0.244. The van der Waals surface area contributed by atoms with Crippen molar-refractivity contribution in [2.24, 2.45) is 5.10 Å². The quantitative estimate of drug-likeness (QED) is 0.135. The first kappa shape index (κ1) is 22.1. The Balaban J connectivity index is 1.54. The summed E-state index contributed by atoms with van der Waals surface area (Å²) in [6, 6.07) is 11.7. The molecular formula is C20H21IN6O2S. The number of aromatic nitrogens is 3. The van der Waals surface area contributed by atoms with Crippen LogP contribution in [0.2, 0.25) is 0 Å². The van der Waals surface area contributed by atoms with Crippen molar-refractivity contribution in [1.82, 2.24) is 20.2 Å². The molecule has 10 heteroatoms. The lowest BCUT2D eigenvalue weighted by molar-refractivity contribution is -0.118. The van der Waals surface area contributed by atoms with Gasteiger partial charge in [-0.1, -0.05) is 17.8 Å². The summed E-state index contributed by atoms with van der Waals surface area (Å²) in [5.41, 5.74) is 3.48. The molecule has 1 aromatic carbocycles. The number of aryl methyl sites for hydroxylation is 1. The molecule has 2 heterocycles. The zero-order valence-electron chi connectivity index (χ0n) is 16.3. The second kappa shape index (κ2) is 11.0. The van der Waals surface area contributed by atoms with E-state index in [1.807, 2.05) is 41.8 Å². The summed E-state index contributed by atoms with van der Waals surface area (Å²) >= 11 is 3.56. The molecule has 1 amide bonds. The molecule has 0 saturated carbocycles. The van der Waals surface area contributed by atoms with Crippen LogP contribution in [0.4, 0.5) is 5.69 Å². The largest absolute Gasteiger partial charge is 0.460 e. The number of benzene rings is 1. The highest BCUT2D eigenvalue weighted by Crippen LogP contribution is 2.18. The maximum absolute atomic E-state index is 12.1. The standard InChI is InChI=1S/C20H21IN6O2S/c1-3-10-27-18(12-22-16-7-5-15(21)6-8-16)24-26-20(27)30-13-19(28)25-23-11-17-9-4-14(2)29-17/h3-9,11,22H,1,10,12-13H2,2H3,(H,25,28)/b23-11+. The van der Waals surface area contributed by atoms with Crippen LogP contribution in [-0.2, 0) is 17.9 Å². The number of anilines is 1. The molecule has 0 aliphatic rings. The van der Waals surface area contributed by atoms with Crippen molar-refractivity contribution in [3.63, 3.8) is 0 Å². The van der Waals surface area contributed by atoms with E-state index in [1.165, 1.54) is 21.5 Å².